The van der Waals surface area contributed by atoms with Crippen LogP contribution >= 0.6 is 24.2 Å². The average molecular weight is 416 g/mol. The number of carbonyl (C=O) groups is 2. The number of piperidine rings is 1. The molecule has 3 rings (SSSR count). The summed E-state index contributed by atoms with van der Waals surface area (Å²) in [5, 5.41) is 6.03. The summed E-state index contributed by atoms with van der Waals surface area (Å²) in [5.74, 6) is -0.263. The van der Waals surface area contributed by atoms with Crippen molar-refractivity contribution in [3.8, 4) is 0 Å². The van der Waals surface area contributed by atoms with Gasteiger partial charge in [0.2, 0.25) is 11.8 Å². The molecule has 0 radical (unpaired) electrons. The zero-order valence-electron chi connectivity index (χ0n) is 15.6. The fraction of sp³-hybridized carbons (Fsp3) is 0.579. The topological polar surface area (TPSA) is 61.4 Å². The van der Waals surface area contributed by atoms with Gasteiger partial charge in [0.25, 0.3) is 0 Å². The highest BCUT2D eigenvalue weighted by atomic mass is 35.5. The summed E-state index contributed by atoms with van der Waals surface area (Å²) in [5.41, 5.74) is 0.554. The van der Waals surface area contributed by atoms with E-state index in [9.17, 15) is 14.0 Å². The molecule has 2 aliphatic heterocycles. The molecule has 2 heterocycles. The zero-order valence-corrected chi connectivity index (χ0v) is 17.2. The molecule has 3 atom stereocenters. The van der Waals surface area contributed by atoms with E-state index in [4.69, 9.17) is 0 Å². The van der Waals surface area contributed by atoms with Crippen LogP contribution in [0, 0.1) is 5.82 Å². The molecular weight excluding hydrogens is 389 g/mol. The van der Waals surface area contributed by atoms with Crippen LogP contribution in [0.4, 0.5) is 10.1 Å². The molecule has 2 bridgehead atoms. The van der Waals surface area contributed by atoms with E-state index in [2.05, 4.69) is 10.6 Å². The number of hydrogen-bond donors (Lipinski definition) is 2. The van der Waals surface area contributed by atoms with Gasteiger partial charge < -0.3 is 15.5 Å². The first-order valence-corrected chi connectivity index (χ1v) is 10.2. The molecule has 2 saturated heterocycles. The fourth-order valence-electron chi connectivity index (χ4n) is 3.81. The first-order valence-electron chi connectivity index (χ1n) is 9.12. The molecule has 2 fully saturated rings. The minimum absolute atomic E-state index is 0. The molecule has 2 amide bonds. The van der Waals surface area contributed by atoms with Crippen LogP contribution in [0.15, 0.2) is 24.3 Å². The van der Waals surface area contributed by atoms with Crippen LogP contribution in [0.1, 0.15) is 32.6 Å². The van der Waals surface area contributed by atoms with Crippen molar-refractivity contribution in [3.63, 3.8) is 0 Å². The monoisotopic (exact) mass is 415 g/mol. The summed E-state index contributed by atoms with van der Waals surface area (Å²) in [6.07, 6.45) is 4.44. The summed E-state index contributed by atoms with van der Waals surface area (Å²) >= 11 is 1.33. The lowest BCUT2D eigenvalue weighted by molar-refractivity contribution is -0.131. The molecule has 5 nitrogen and oxygen atoms in total. The smallest absolute Gasteiger partial charge is 0.235 e. The van der Waals surface area contributed by atoms with Crippen molar-refractivity contribution < 1.29 is 14.0 Å². The molecule has 2 aliphatic rings. The first-order chi connectivity index (χ1) is 12.4. The minimum Gasteiger partial charge on any atom is -0.342 e. The van der Waals surface area contributed by atoms with E-state index in [1.807, 2.05) is 18.9 Å². The van der Waals surface area contributed by atoms with Crippen molar-refractivity contribution in [2.24, 2.45) is 0 Å². The van der Waals surface area contributed by atoms with E-state index in [1.165, 1.54) is 48.9 Å². The number of benzene rings is 1. The van der Waals surface area contributed by atoms with E-state index >= 15 is 0 Å². The van der Waals surface area contributed by atoms with Crippen LogP contribution < -0.4 is 10.6 Å². The summed E-state index contributed by atoms with van der Waals surface area (Å²) in [4.78, 5) is 26.6. The molecule has 0 aromatic heterocycles. The van der Waals surface area contributed by atoms with Gasteiger partial charge in [-0.05, 0) is 56.9 Å². The predicted octanol–water partition coefficient (Wildman–Crippen LogP) is 3.05. The Labute approximate surface area is 170 Å². The molecule has 1 aromatic rings. The van der Waals surface area contributed by atoms with Crippen LogP contribution in [0.2, 0.25) is 0 Å². The number of anilines is 1. The van der Waals surface area contributed by atoms with Crippen LogP contribution in [-0.4, -0.2) is 52.9 Å². The molecule has 3 unspecified atom stereocenters. The molecule has 1 aromatic carbocycles. The van der Waals surface area contributed by atoms with Crippen molar-refractivity contribution >= 4 is 41.7 Å². The SMILES string of the molecule is CC(SCC(=O)Nc1ccc(F)cc1)C(=O)N(C)C1CC2CCC(C1)N2.Cl. The number of hydrogen-bond acceptors (Lipinski definition) is 4. The van der Waals surface area contributed by atoms with Crippen molar-refractivity contribution in [1.29, 1.82) is 0 Å². The number of nitrogens with zero attached hydrogens (tertiary/aromatic N) is 1. The molecule has 150 valence electrons. The lowest BCUT2D eigenvalue weighted by Crippen LogP contribution is -2.50. The van der Waals surface area contributed by atoms with Gasteiger partial charge >= 0.3 is 0 Å². The molecule has 8 heteroatoms. The van der Waals surface area contributed by atoms with Crippen molar-refractivity contribution in [2.75, 3.05) is 18.1 Å². The van der Waals surface area contributed by atoms with E-state index in [-0.39, 0.29) is 47.1 Å². The largest absolute Gasteiger partial charge is 0.342 e. The Hall–Kier alpha value is -1.31. The number of fused-ring (bicyclic) bond motifs is 2. The fourth-order valence-corrected chi connectivity index (χ4v) is 4.59. The number of rotatable bonds is 6. The van der Waals surface area contributed by atoms with Gasteiger partial charge in [-0.3, -0.25) is 9.59 Å². The Bertz CT molecular complexity index is 649. The maximum absolute atomic E-state index is 12.9. The lowest BCUT2D eigenvalue weighted by atomic mass is 9.98. The van der Waals surface area contributed by atoms with Gasteiger partial charge in [0.1, 0.15) is 5.82 Å². The summed E-state index contributed by atoms with van der Waals surface area (Å²) < 4.78 is 12.9. The van der Waals surface area contributed by atoms with Gasteiger partial charge in [0.15, 0.2) is 0 Å². The second-order valence-corrected chi connectivity index (χ2v) is 8.55. The molecule has 0 spiro atoms. The predicted molar refractivity (Wildman–Crippen MR) is 110 cm³/mol. The average Bonchev–Trinajstić information content (AvgIpc) is 2.98. The van der Waals surface area contributed by atoms with E-state index in [0.717, 1.165) is 12.8 Å². The van der Waals surface area contributed by atoms with Crippen LogP contribution in [-0.2, 0) is 9.59 Å². The van der Waals surface area contributed by atoms with Crippen molar-refractivity contribution in [3.05, 3.63) is 30.1 Å². The number of thioether (sulfide) groups is 1. The third kappa shape index (κ3) is 5.83. The second kappa shape index (κ2) is 9.75. The summed E-state index contributed by atoms with van der Waals surface area (Å²) in [7, 11) is 1.88. The Kier molecular flexibility index (Phi) is 7.94. The number of nitrogens with one attached hydrogen (secondary N) is 2. The summed E-state index contributed by atoms with van der Waals surface area (Å²) in [6, 6.07) is 7.01. The second-order valence-electron chi connectivity index (χ2n) is 7.22. The van der Waals surface area contributed by atoms with Crippen LogP contribution in [0.3, 0.4) is 0 Å². The summed E-state index contributed by atoms with van der Waals surface area (Å²) in [6.45, 7) is 1.85. The maximum Gasteiger partial charge on any atom is 0.235 e. The maximum atomic E-state index is 12.9. The van der Waals surface area contributed by atoms with E-state index < -0.39 is 0 Å². The molecule has 2 N–H and O–H groups in total. The van der Waals surface area contributed by atoms with Crippen molar-refractivity contribution in [2.45, 2.75) is 56.0 Å². The normalized spacial score (nSPS) is 24.6. The Morgan fingerprint density at radius 1 is 1.26 bits per heavy atom. The molecule has 0 saturated carbocycles. The zero-order chi connectivity index (χ0) is 18.7. The molecule has 27 heavy (non-hydrogen) atoms. The van der Waals surface area contributed by atoms with E-state index in [0.29, 0.717) is 17.8 Å². The van der Waals surface area contributed by atoms with Gasteiger partial charge in [-0.2, -0.15) is 0 Å². The number of amides is 2. The quantitative estimate of drug-likeness (QED) is 0.749. The Morgan fingerprint density at radius 2 is 1.85 bits per heavy atom. The van der Waals surface area contributed by atoms with Crippen LogP contribution in [0.5, 0.6) is 0 Å². The highest BCUT2D eigenvalue weighted by Gasteiger charge is 2.37. The highest BCUT2D eigenvalue weighted by molar-refractivity contribution is 8.01. The van der Waals surface area contributed by atoms with Gasteiger partial charge in [-0.1, -0.05) is 0 Å². The van der Waals surface area contributed by atoms with Crippen molar-refractivity contribution in [1.82, 2.24) is 10.2 Å². The standard InChI is InChI=1S/C19H26FN3O2S.ClH/c1-12(26-11-18(24)22-14-5-3-13(20)4-6-14)19(25)23(2)17-9-15-7-8-16(10-17)21-15;/h3-6,12,15-17,21H,7-11H2,1-2H3,(H,22,24);1H. The van der Waals surface area contributed by atoms with E-state index in [1.54, 1.807) is 0 Å². The van der Waals surface area contributed by atoms with Crippen LogP contribution in [0.25, 0.3) is 0 Å². The minimum atomic E-state index is -0.342. The Morgan fingerprint density at radius 3 is 2.44 bits per heavy atom. The lowest BCUT2D eigenvalue weighted by Gasteiger charge is -2.36. The molecular formula is C19H27ClFN3O2S. The number of halogens is 2. The first kappa shape index (κ1) is 22.0. The third-order valence-electron chi connectivity index (χ3n) is 5.28. The highest BCUT2D eigenvalue weighted by Crippen LogP contribution is 2.30. The third-order valence-corrected chi connectivity index (χ3v) is 6.41. The van der Waals surface area contributed by atoms with Gasteiger partial charge in [-0.15, -0.1) is 24.2 Å². The van der Waals surface area contributed by atoms with Gasteiger partial charge in [-0.25, -0.2) is 4.39 Å². The Balaban J connectivity index is 0.00000261. The number of carbonyl (C=O) groups excluding carboxylic acids is 2. The van der Waals surface area contributed by atoms with Gasteiger partial charge in [0.05, 0.1) is 11.0 Å². The van der Waals surface area contributed by atoms with Gasteiger partial charge in [0, 0.05) is 30.9 Å². The molecule has 0 aliphatic carbocycles.